The maximum Gasteiger partial charge on any atom is 0.290 e. The Morgan fingerprint density at radius 2 is 1.17 bits per heavy atom. The summed E-state index contributed by atoms with van der Waals surface area (Å²) in [6, 6.07) is 0. The van der Waals surface area contributed by atoms with E-state index in [1.54, 1.807) is 0 Å². The summed E-state index contributed by atoms with van der Waals surface area (Å²) in [7, 11) is 1.42. The van der Waals surface area contributed by atoms with Crippen LogP contribution in [-0.2, 0) is 0 Å². The van der Waals surface area contributed by atoms with Gasteiger partial charge in [0.1, 0.15) is 0 Å². The summed E-state index contributed by atoms with van der Waals surface area (Å²) in [5.74, 6) is 0.489. The molecule has 1 aliphatic carbocycles. The minimum atomic E-state index is 0.489. The lowest BCUT2D eigenvalue weighted by atomic mass is 9.73. The van der Waals surface area contributed by atoms with Crippen LogP contribution in [0.1, 0.15) is 57.8 Å². The molecule has 0 amide bonds. The van der Waals surface area contributed by atoms with Crippen molar-refractivity contribution in [2.45, 2.75) is 63.6 Å². The minimum Gasteiger partial charge on any atom is -0.454 e. The van der Waals surface area contributed by atoms with Gasteiger partial charge in [0.15, 0.2) is 0 Å². The molecule has 0 aromatic rings. The van der Waals surface area contributed by atoms with Crippen molar-refractivity contribution in [1.29, 1.82) is 0 Å². The van der Waals surface area contributed by atoms with Crippen LogP contribution in [0.4, 0.5) is 0 Å². The monoisotopic (exact) mass is 167 g/mol. The maximum absolute atomic E-state index is 8.95. The zero-order valence-electron chi connectivity index (χ0n) is 7.97. The van der Waals surface area contributed by atoms with Crippen molar-refractivity contribution >= 4 is 7.48 Å². The molecule has 0 aromatic heterocycles. The molecule has 69 valence electrons. The molecule has 0 heterocycles. The topological polar surface area (TPSA) is 20.2 Å². The first-order chi connectivity index (χ1) is 5.93. The summed E-state index contributed by atoms with van der Waals surface area (Å²) < 4.78 is 0. The Morgan fingerprint density at radius 3 is 1.58 bits per heavy atom. The van der Waals surface area contributed by atoms with Gasteiger partial charge < -0.3 is 5.02 Å². The van der Waals surface area contributed by atoms with Gasteiger partial charge in [0, 0.05) is 0 Å². The van der Waals surface area contributed by atoms with Crippen LogP contribution >= 0.6 is 0 Å². The molecule has 1 radical (unpaired) electrons. The summed E-state index contributed by atoms with van der Waals surface area (Å²) >= 11 is 0. The van der Waals surface area contributed by atoms with E-state index in [4.69, 9.17) is 5.02 Å². The van der Waals surface area contributed by atoms with Gasteiger partial charge in [-0.25, -0.2) is 0 Å². The molecule has 1 aliphatic rings. The highest BCUT2D eigenvalue weighted by atomic mass is 16.2. The van der Waals surface area contributed by atoms with E-state index in [1.807, 2.05) is 0 Å². The highest BCUT2D eigenvalue weighted by molar-refractivity contribution is 6.27. The fourth-order valence-electron chi connectivity index (χ4n) is 1.99. The Balaban J connectivity index is 2.17. The van der Waals surface area contributed by atoms with Crippen LogP contribution in [0.3, 0.4) is 0 Å². The van der Waals surface area contributed by atoms with Gasteiger partial charge in [0.05, 0.1) is 0 Å². The van der Waals surface area contributed by atoms with Crippen LogP contribution in [0.15, 0.2) is 0 Å². The molecular weight excluding hydrogens is 147 g/mol. The van der Waals surface area contributed by atoms with Gasteiger partial charge in [-0.2, -0.15) is 0 Å². The Hall–Kier alpha value is 0.0249. The SMILES string of the molecule is O[B]C1CCCCCCCCC1. The average Bonchev–Trinajstić information content (AvgIpc) is 2.14. The van der Waals surface area contributed by atoms with Crippen LogP contribution in [0.25, 0.3) is 0 Å². The third-order valence-electron chi connectivity index (χ3n) is 2.86. The summed E-state index contributed by atoms with van der Waals surface area (Å²) in [4.78, 5) is 0. The van der Waals surface area contributed by atoms with Crippen molar-refractivity contribution < 1.29 is 5.02 Å². The zero-order valence-corrected chi connectivity index (χ0v) is 7.97. The quantitative estimate of drug-likeness (QED) is 0.595. The van der Waals surface area contributed by atoms with Crippen LogP contribution in [0.2, 0.25) is 5.82 Å². The molecule has 0 saturated heterocycles. The van der Waals surface area contributed by atoms with Gasteiger partial charge >= 0.3 is 0 Å². The molecular formula is C10H20BO. The van der Waals surface area contributed by atoms with E-state index in [0.717, 1.165) is 0 Å². The Kier molecular flexibility index (Phi) is 5.50. The molecule has 0 aromatic carbocycles. The van der Waals surface area contributed by atoms with E-state index in [-0.39, 0.29) is 0 Å². The summed E-state index contributed by atoms with van der Waals surface area (Å²) in [6.07, 6.45) is 12.0. The summed E-state index contributed by atoms with van der Waals surface area (Å²) in [5.41, 5.74) is 0. The first-order valence-corrected chi connectivity index (χ1v) is 5.41. The standard InChI is InChI=1S/C10H20BO/c12-11-10-8-6-4-2-1-3-5-7-9-10/h10,12H,1-9H2. The highest BCUT2D eigenvalue weighted by Gasteiger charge is 2.09. The predicted octanol–water partition coefficient (Wildman–Crippen LogP) is 2.91. The molecule has 1 N–H and O–H groups in total. The number of hydrogen-bond donors (Lipinski definition) is 1. The second-order valence-electron chi connectivity index (χ2n) is 3.96. The van der Waals surface area contributed by atoms with E-state index in [9.17, 15) is 0 Å². The lowest BCUT2D eigenvalue weighted by molar-refractivity contribution is 0.477. The molecule has 12 heavy (non-hydrogen) atoms. The largest absolute Gasteiger partial charge is 0.454 e. The van der Waals surface area contributed by atoms with Crippen molar-refractivity contribution in [3.05, 3.63) is 0 Å². The smallest absolute Gasteiger partial charge is 0.290 e. The molecule has 1 saturated carbocycles. The first kappa shape index (κ1) is 10.1. The van der Waals surface area contributed by atoms with Crippen LogP contribution in [0.5, 0.6) is 0 Å². The number of rotatable bonds is 1. The number of hydrogen-bond acceptors (Lipinski definition) is 1. The Labute approximate surface area is 76.8 Å². The Morgan fingerprint density at radius 1 is 0.750 bits per heavy atom. The van der Waals surface area contributed by atoms with Crippen molar-refractivity contribution in [3.8, 4) is 0 Å². The zero-order chi connectivity index (χ0) is 8.65. The average molecular weight is 167 g/mol. The Bertz CT molecular complexity index is 96.0. The fourth-order valence-corrected chi connectivity index (χ4v) is 1.99. The van der Waals surface area contributed by atoms with E-state index >= 15 is 0 Å². The molecule has 0 atom stereocenters. The van der Waals surface area contributed by atoms with Crippen molar-refractivity contribution in [2.75, 3.05) is 0 Å². The molecule has 1 fully saturated rings. The summed E-state index contributed by atoms with van der Waals surface area (Å²) in [6.45, 7) is 0. The first-order valence-electron chi connectivity index (χ1n) is 5.41. The van der Waals surface area contributed by atoms with Gasteiger partial charge in [-0.05, 0) is 5.82 Å². The van der Waals surface area contributed by atoms with Crippen molar-refractivity contribution in [3.63, 3.8) is 0 Å². The molecule has 0 bridgehead atoms. The van der Waals surface area contributed by atoms with E-state index in [2.05, 4.69) is 0 Å². The predicted molar refractivity (Wildman–Crippen MR) is 53.3 cm³/mol. The maximum atomic E-state index is 8.95. The summed E-state index contributed by atoms with van der Waals surface area (Å²) in [5, 5.41) is 8.95. The van der Waals surface area contributed by atoms with Crippen molar-refractivity contribution in [1.82, 2.24) is 0 Å². The third kappa shape index (κ3) is 4.15. The fraction of sp³-hybridized carbons (Fsp3) is 1.00. The minimum absolute atomic E-state index is 0.489. The highest BCUT2D eigenvalue weighted by Crippen LogP contribution is 2.24. The van der Waals surface area contributed by atoms with E-state index < -0.39 is 0 Å². The second kappa shape index (κ2) is 6.53. The van der Waals surface area contributed by atoms with Crippen molar-refractivity contribution in [2.24, 2.45) is 0 Å². The lowest BCUT2D eigenvalue weighted by Gasteiger charge is -2.14. The van der Waals surface area contributed by atoms with E-state index in [0.29, 0.717) is 5.82 Å². The van der Waals surface area contributed by atoms with Gasteiger partial charge in [-0.3, -0.25) is 0 Å². The van der Waals surface area contributed by atoms with Gasteiger partial charge in [-0.1, -0.05) is 57.8 Å². The molecule has 1 nitrogen and oxygen atoms in total. The molecule has 0 unspecified atom stereocenters. The van der Waals surface area contributed by atoms with Gasteiger partial charge in [-0.15, -0.1) is 0 Å². The van der Waals surface area contributed by atoms with Gasteiger partial charge in [0.2, 0.25) is 0 Å². The second-order valence-corrected chi connectivity index (χ2v) is 3.96. The molecule has 0 spiro atoms. The third-order valence-corrected chi connectivity index (χ3v) is 2.86. The molecule has 0 aliphatic heterocycles. The lowest BCUT2D eigenvalue weighted by Crippen LogP contribution is -2.04. The normalized spacial score (nSPS) is 23.4. The van der Waals surface area contributed by atoms with Gasteiger partial charge in [0.25, 0.3) is 7.48 Å². The molecule has 1 rings (SSSR count). The van der Waals surface area contributed by atoms with Crippen LogP contribution in [-0.4, -0.2) is 12.5 Å². The van der Waals surface area contributed by atoms with E-state index in [1.165, 1.54) is 65.3 Å². The molecule has 2 heteroatoms. The van der Waals surface area contributed by atoms with Crippen LogP contribution in [0, 0.1) is 0 Å². The van der Waals surface area contributed by atoms with Crippen LogP contribution < -0.4 is 0 Å².